The molecule has 0 saturated carbocycles. The van der Waals surface area contributed by atoms with Gasteiger partial charge >= 0.3 is 6.18 Å². The van der Waals surface area contributed by atoms with E-state index in [-0.39, 0.29) is 12.5 Å². The van der Waals surface area contributed by atoms with Gasteiger partial charge in [-0.15, -0.1) is 0 Å². The Morgan fingerprint density at radius 3 is 2.38 bits per heavy atom. The number of hydrogen-bond acceptors (Lipinski definition) is 3. The van der Waals surface area contributed by atoms with Gasteiger partial charge in [-0.3, -0.25) is 0 Å². The van der Waals surface area contributed by atoms with Crippen LogP contribution in [0.25, 0.3) is 0 Å². The lowest BCUT2D eigenvalue weighted by atomic mass is 10.1. The number of para-hydroxylation sites is 1. The van der Waals surface area contributed by atoms with E-state index < -0.39 is 26.7 Å². The first-order valence-electron chi connectivity index (χ1n) is 8.23. The summed E-state index contributed by atoms with van der Waals surface area (Å²) in [5.74, 6) is 0.0445. The molecule has 1 saturated heterocycles. The lowest BCUT2D eigenvalue weighted by molar-refractivity contribution is -0.139. The Balaban J connectivity index is 1.67. The van der Waals surface area contributed by atoms with Gasteiger partial charge in [0.1, 0.15) is 0 Å². The van der Waals surface area contributed by atoms with Gasteiger partial charge in [0.25, 0.3) is 0 Å². The number of nitrogens with zero attached hydrogens (tertiary/aromatic N) is 1. The standard InChI is InChI=1S/C18H19F3N2O2S/c19-18(20,21)16-8-4-5-9-17(16)26(24,25)22-12-14-10-11-23(13-14)15-6-2-1-3-7-15/h1-9,14,22H,10-13H2. The van der Waals surface area contributed by atoms with Crippen molar-refractivity contribution in [2.24, 2.45) is 5.92 Å². The van der Waals surface area contributed by atoms with Gasteiger partial charge < -0.3 is 4.90 Å². The minimum Gasteiger partial charge on any atom is -0.371 e. The summed E-state index contributed by atoms with van der Waals surface area (Å²) >= 11 is 0. The first-order valence-corrected chi connectivity index (χ1v) is 9.71. The Kier molecular flexibility index (Phi) is 5.24. The summed E-state index contributed by atoms with van der Waals surface area (Å²) in [5.41, 5.74) is -0.0925. The van der Waals surface area contributed by atoms with E-state index in [1.807, 2.05) is 30.3 Å². The third-order valence-corrected chi connectivity index (χ3v) is 5.93. The molecule has 0 radical (unpaired) electrons. The van der Waals surface area contributed by atoms with Crippen LogP contribution in [0.2, 0.25) is 0 Å². The molecule has 1 aliphatic rings. The van der Waals surface area contributed by atoms with Crippen molar-refractivity contribution >= 4 is 15.7 Å². The van der Waals surface area contributed by atoms with E-state index in [4.69, 9.17) is 0 Å². The van der Waals surface area contributed by atoms with Gasteiger partial charge in [0.05, 0.1) is 10.5 Å². The number of benzene rings is 2. The minimum absolute atomic E-state index is 0.0445. The fourth-order valence-corrected chi connectivity index (χ4v) is 4.45. The van der Waals surface area contributed by atoms with Crippen molar-refractivity contribution in [3.05, 3.63) is 60.2 Å². The van der Waals surface area contributed by atoms with Crippen molar-refractivity contribution in [1.29, 1.82) is 0 Å². The van der Waals surface area contributed by atoms with Gasteiger partial charge in [0, 0.05) is 25.3 Å². The Morgan fingerprint density at radius 2 is 1.69 bits per heavy atom. The van der Waals surface area contributed by atoms with Crippen LogP contribution in [-0.2, 0) is 16.2 Å². The van der Waals surface area contributed by atoms with Crippen LogP contribution in [0, 0.1) is 5.92 Å². The highest BCUT2D eigenvalue weighted by atomic mass is 32.2. The average Bonchev–Trinajstić information content (AvgIpc) is 3.09. The maximum atomic E-state index is 13.1. The number of hydrogen-bond donors (Lipinski definition) is 1. The molecule has 2 aromatic carbocycles. The minimum atomic E-state index is -4.72. The Labute approximate surface area is 150 Å². The molecule has 0 amide bonds. The number of alkyl halides is 3. The molecule has 1 fully saturated rings. The summed E-state index contributed by atoms with van der Waals surface area (Å²) < 4.78 is 66.3. The van der Waals surface area contributed by atoms with Crippen molar-refractivity contribution < 1.29 is 21.6 Å². The summed E-state index contributed by atoms with van der Waals surface area (Å²) in [6.45, 7) is 1.56. The molecule has 3 rings (SSSR count). The third-order valence-electron chi connectivity index (χ3n) is 4.45. The Morgan fingerprint density at radius 1 is 1.04 bits per heavy atom. The number of anilines is 1. The molecule has 4 nitrogen and oxygen atoms in total. The highest BCUT2D eigenvalue weighted by Gasteiger charge is 2.37. The lowest BCUT2D eigenvalue weighted by Crippen LogP contribution is -2.32. The molecule has 1 unspecified atom stereocenters. The van der Waals surface area contributed by atoms with Gasteiger partial charge in [-0.2, -0.15) is 13.2 Å². The van der Waals surface area contributed by atoms with Crippen LogP contribution in [0.1, 0.15) is 12.0 Å². The van der Waals surface area contributed by atoms with E-state index in [1.54, 1.807) is 0 Å². The number of rotatable bonds is 5. The van der Waals surface area contributed by atoms with Crippen LogP contribution in [0.3, 0.4) is 0 Å². The lowest BCUT2D eigenvalue weighted by Gasteiger charge is -2.19. The predicted molar refractivity (Wildman–Crippen MR) is 93.4 cm³/mol. The third kappa shape index (κ3) is 4.19. The van der Waals surface area contributed by atoms with Gasteiger partial charge in [-0.05, 0) is 36.6 Å². The molecule has 2 aromatic rings. The van der Waals surface area contributed by atoms with E-state index in [0.29, 0.717) is 6.54 Å². The van der Waals surface area contributed by atoms with Crippen molar-refractivity contribution in [2.45, 2.75) is 17.5 Å². The molecule has 8 heteroatoms. The van der Waals surface area contributed by atoms with Crippen molar-refractivity contribution in [2.75, 3.05) is 24.5 Å². The second kappa shape index (κ2) is 7.28. The topological polar surface area (TPSA) is 49.4 Å². The molecule has 26 heavy (non-hydrogen) atoms. The molecule has 140 valence electrons. The Hall–Kier alpha value is -2.06. The van der Waals surface area contributed by atoms with E-state index in [2.05, 4.69) is 9.62 Å². The SMILES string of the molecule is O=S(=O)(NCC1CCN(c2ccccc2)C1)c1ccccc1C(F)(F)F. The number of sulfonamides is 1. The van der Waals surface area contributed by atoms with Crippen LogP contribution < -0.4 is 9.62 Å². The second-order valence-corrected chi connectivity index (χ2v) is 8.02. The second-order valence-electron chi connectivity index (χ2n) is 6.28. The quantitative estimate of drug-likeness (QED) is 0.858. The summed E-state index contributed by atoms with van der Waals surface area (Å²) in [6, 6.07) is 14.0. The molecular weight excluding hydrogens is 365 g/mol. The molecule has 0 aliphatic carbocycles. The molecule has 0 spiro atoms. The van der Waals surface area contributed by atoms with Crippen LogP contribution in [0.5, 0.6) is 0 Å². The smallest absolute Gasteiger partial charge is 0.371 e. The fraction of sp³-hybridized carbons (Fsp3) is 0.333. The molecular formula is C18H19F3N2O2S. The molecule has 0 bridgehead atoms. The van der Waals surface area contributed by atoms with E-state index in [1.165, 1.54) is 12.1 Å². The zero-order chi connectivity index (χ0) is 18.8. The van der Waals surface area contributed by atoms with Crippen LogP contribution in [-0.4, -0.2) is 28.1 Å². The summed E-state index contributed by atoms with van der Waals surface area (Å²) in [5, 5.41) is 0. The summed E-state index contributed by atoms with van der Waals surface area (Å²) in [6.07, 6.45) is -3.94. The first kappa shape index (κ1) is 18.7. The van der Waals surface area contributed by atoms with E-state index in [0.717, 1.165) is 30.8 Å². The Bertz CT molecular complexity index is 854. The monoisotopic (exact) mass is 384 g/mol. The van der Waals surface area contributed by atoms with Crippen molar-refractivity contribution in [3.63, 3.8) is 0 Å². The van der Waals surface area contributed by atoms with Gasteiger partial charge in [0.15, 0.2) is 0 Å². The van der Waals surface area contributed by atoms with Crippen LogP contribution in [0.4, 0.5) is 18.9 Å². The number of nitrogens with one attached hydrogen (secondary N) is 1. The largest absolute Gasteiger partial charge is 0.417 e. The highest BCUT2D eigenvalue weighted by molar-refractivity contribution is 7.89. The zero-order valence-corrected chi connectivity index (χ0v) is 14.7. The molecule has 1 heterocycles. The summed E-state index contributed by atoms with van der Waals surface area (Å²) in [7, 11) is -4.23. The van der Waals surface area contributed by atoms with Gasteiger partial charge in [-0.25, -0.2) is 13.1 Å². The molecule has 1 atom stereocenters. The van der Waals surface area contributed by atoms with Gasteiger partial charge in [-0.1, -0.05) is 30.3 Å². The van der Waals surface area contributed by atoms with Crippen molar-refractivity contribution in [3.8, 4) is 0 Å². The normalized spacial score (nSPS) is 18.3. The van der Waals surface area contributed by atoms with E-state index in [9.17, 15) is 21.6 Å². The van der Waals surface area contributed by atoms with Gasteiger partial charge in [0.2, 0.25) is 10.0 Å². The molecule has 1 N–H and O–H groups in total. The zero-order valence-electron chi connectivity index (χ0n) is 13.9. The maximum absolute atomic E-state index is 13.1. The van der Waals surface area contributed by atoms with Crippen molar-refractivity contribution in [1.82, 2.24) is 4.72 Å². The van der Waals surface area contributed by atoms with Crippen LogP contribution >= 0.6 is 0 Å². The van der Waals surface area contributed by atoms with Crippen LogP contribution in [0.15, 0.2) is 59.5 Å². The highest BCUT2D eigenvalue weighted by Crippen LogP contribution is 2.34. The maximum Gasteiger partial charge on any atom is 0.417 e. The molecule has 0 aromatic heterocycles. The average molecular weight is 384 g/mol. The van der Waals surface area contributed by atoms with E-state index >= 15 is 0 Å². The fourth-order valence-electron chi connectivity index (χ4n) is 3.11. The number of halogens is 3. The summed E-state index contributed by atoms with van der Waals surface area (Å²) in [4.78, 5) is 1.41. The molecule has 1 aliphatic heterocycles. The first-order chi connectivity index (χ1) is 12.3. The predicted octanol–water partition coefficient (Wildman–Crippen LogP) is 3.51.